The number of carbonyl (C=O) groups excluding carboxylic acids is 2. The molecule has 1 rings (SSSR count). The quantitative estimate of drug-likeness (QED) is 0.811. The normalized spacial score (nSPS) is 11.9. The van der Waals surface area contributed by atoms with E-state index in [1.165, 1.54) is 32.9 Å². The maximum atomic E-state index is 11.4. The molecule has 0 radical (unpaired) electrons. The minimum Gasteiger partial charge on any atom is -0.481 e. The lowest BCUT2D eigenvalue weighted by Crippen LogP contribution is -2.10. The van der Waals surface area contributed by atoms with Crippen LogP contribution in [0.4, 0.5) is 0 Å². The Morgan fingerprint density at radius 1 is 1.06 bits per heavy atom. The topological polar surface area (TPSA) is 71.4 Å². The molecule has 0 heterocycles. The van der Waals surface area contributed by atoms with Gasteiger partial charge in [0.25, 0.3) is 0 Å². The molecular weight excluding hydrogens is 220 g/mol. The van der Waals surface area contributed by atoms with Gasteiger partial charge in [0, 0.05) is 11.1 Å². The van der Waals surface area contributed by atoms with Gasteiger partial charge in [-0.05, 0) is 32.4 Å². The maximum Gasteiger partial charge on any atom is 0.310 e. The number of Topliss-reactive ketones (excluding diaryl/α,β-unsaturated/α-hetero) is 2. The number of ketones is 2. The summed E-state index contributed by atoms with van der Waals surface area (Å²) >= 11 is 0. The number of hydrogen-bond acceptors (Lipinski definition) is 3. The summed E-state index contributed by atoms with van der Waals surface area (Å²) in [5, 5.41) is 8.89. The molecule has 0 spiro atoms. The minimum absolute atomic E-state index is 0.204. The second-order valence-electron chi connectivity index (χ2n) is 3.98. The number of rotatable bonds is 4. The van der Waals surface area contributed by atoms with Gasteiger partial charge in [0.1, 0.15) is 0 Å². The molecule has 0 saturated heterocycles. The van der Waals surface area contributed by atoms with Crippen LogP contribution < -0.4 is 0 Å². The molecule has 1 aromatic rings. The standard InChI is InChI=1S/C13H14O4/c1-7(13(16)17)10-4-5-11(8(2)14)12(6-10)9(3)15/h4-7H,1-3H3,(H,16,17). The molecular formula is C13H14O4. The van der Waals surface area contributed by atoms with Gasteiger partial charge in [-0.2, -0.15) is 0 Å². The van der Waals surface area contributed by atoms with Crippen LogP contribution in [0.1, 0.15) is 53.0 Å². The molecule has 1 aromatic carbocycles. The molecule has 90 valence electrons. The summed E-state index contributed by atoms with van der Waals surface area (Å²) in [6.45, 7) is 4.27. The predicted octanol–water partition coefficient (Wildman–Crippen LogP) is 2.28. The highest BCUT2D eigenvalue weighted by atomic mass is 16.4. The van der Waals surface area contributed by atoms with E-state index in [0.717, 1.165) is 0 Å². The molecule has 0 fully saturated rings. The highest BCUT2D eigenvalue weighted by Gasteiger charge is 2.18. The van der Waals surface area contributed by atoms with E-state index in [1.807, 2.05) is 0 Å². The van der Waals surface area contributed by atoms with Crippen molar-refractivity contribution >= 4 is 17.5 Å². The lowest BCUT2D eigenvalue weighted by molar-refractivity contribution is -0.138. The van der Waals surface area contributed by atoms with Crippen molar-refractivity contribution in [1.82, 2.24) is 0 Å². The lowest BCUT2D eigenvalue weighted by Gasteiger charge is -2.10. The number of hydrogen-bond donors (Lipinski definition) is 1. The minimum atomic E-state index is -0.963. The Kier molecular flexibility index (Phi) is 3.78. The molecule has 4 nitrogen and oxygen atoms in total. The van der Waals surface area contributed by atoms with Crippen LogP contribution in [0, 0.1) is 0 Å². The Labute approximate surface area is 99.3 Å². The van der Waals surface area contributed by atoms with Crippen molar-refractivity contribution in [1.29, 1.82) is 0 Å². The second kappa shape index (κ2) is 4.91. The predicted molar refractivity (Wildman–Crippen MR) is 62.5 cm³/mol. The molecule has 0 aromatic heterocycles. The van der Waals surface area contributed by atoms with Crippen LogP contribution in [0.15, 0.2) is 18.2 Å². The fourth-order valence-electron chi connectivity index (χ4n) is 1.57. The maximum absolute atomic E-state index is 11.4. The van der Waals surface area contributed by atoms with Crippen molar-refractivity contribution in [2.45, 2.75) is 26.7 Å². The second-order valence-corrected chi connectivity index (χ2v) is 3.98. The zero-order valence-corrected chi connectivity index (χ0v) is 9.98. The molecule has 0 aliphatic rings. The van der Waals surface area contributed by atoms with Crippen LogP contribution in [0.2, 0.25) is 0 Å². The first-order valence-corrected chi connectivity index (χ1v) is 5.23. The van der Waals surface area contributed by atoms with E-state index in [9.17, 15) is 14.4 Å². The van der Waals surface area contributed by atoms with Crippen LogP contribution >= 0.6 is 0 Å². The van der Waals surface area contributed by atoms with E-state index in [-0.39, 0.29) is 17.1 Å². The zero-order chi connectivity index (χ0) is 13.2. The van der Waals surface area contributed by atoms with Crippen LogP contribution in [-0.2, 0) is 4.79 Å². The van der Waals surface area contributed by atoms with Gasteiger partial charge < -0.3 is 5.11 Å². The molecule has 0 amide bonds. The van der Waals surface area contributed by atoms with Crippen molar-refractivity contribution in [2.24, 2.45) is 0 Å². The van der Waals surface area contributed by atoms with Gasteiger partial charge in [0.15, 0.2) is 11.6 Å². The molecule has 1 atom stereocenters. The van der Waals surface area contributed by atoms with Crippen molar-refractivity contribution in [3.8, 4) is 0 Å². The smallest absolute Gasteiger partial charge is 0.310 e. The molecule has 1 unspecified atom stereocenters. The average Bonchev–Trinajstić information content (AvgIpc) is 2.26. The van der Waals surface area contributed by atoms with Gasteiger partial charge >= 0.3 is 5.97 Å². The van der Waals surface area contributed by atoms with Crippen molar-refractivity contribution in [2.75, 3.05) is 0 Å². The number of benzene rings is 1. The van der Waals surface area contributed by atoms with Crippen molar-refractivity contribution < 1.29 is 19.5 Å². The summed E-state index contributed by atoms with van der Waals surface area (Å²) in [6.07, 6.45) is 0. The first kappa shape index (κ1) is 13.1. The third-order valence-electron chi connectivity index (χ3n) is 2.67. The van der Waals surface area contributed by atoms with E-state index in [4.69, 9.17) is 5.11 Å². The average molecular weight is 234 g/mol. The van der Waals surface area contributed by atoms with Gasteiger partial charge in [-0.25, -0.2) is 0 Å². The van der Waals surface area contributed by atoms with Gasteiger partial charge in [-0.1, -0.05) is 12.1 Å². The van der Waals surface area contributed by atoms with Gasteiger partial charge in [-0.3, -0.25) is 14.4 Å². The number of carboxylic acids is 1. The van der Waals surface area contributed by atoms with Crippen LogP contribution in [0.3, 0.4) is 0 Å². The molecule has 0 aliphatic heterocycles. The van der Waals surface area contributed by atoms with E-state index in [1.54, 1.807) is 6.07 Å². The Morgan fingerprint density at radius 2 is 1.59 bits per heavy atom. The monoisotopic (exact) mass is 234 g/mol. The third-order valence-corrected chi connectivity index (χ3v) is 2.67. The first-order chi connectivity index (χ1) is 7.84. The largest absolute Gasteiger partial charge is 0.481 e. The Balaban J connectivity index is 3.33. The van der Waals surface area contributed by atoms with Crippen molar-refractivity contribution in [3.63, 3.8) is 0 Å². The molecule has 0 bridgehead atoms. The lowest BCUT2D eigenvalue weighted by atomic mass is 9.93. The fraction of sp³-hybridized carbons (Fsp3) is 0.308. The SMILES string of the molecule is CC(=O)c1ccc(C(C)C(=O)O)cc1C(C)=O. The Hall–Kier alpha value is -1.97. The molecule has 0 aliphatic carbocycles. The molecule has 1 N–H and O–H groups in total. The van der Waals surface area contributed by atoms with Gasteiger partial charge in [0.2, 0.25) is 0 Å². The summed E-state index contributed by atoms with van der Waals surface area (Å²) in [4.78, 5) is 33.6. The summed E-state index contributed by atoms with van der Waals surface area (Å²) < 4.78 is 0. The summed E-state index contributed by atoms with van der Waals surface area (Å²) in [5.41, 5.74) is 1.13. The first-order valence-electron chi connectivity index (χ1n) is 5.23. The van der Waals surface area contributed by atoms with Gasteiger partial charge in [-0.15, -0.1) is 0 Å². The number of carbonyl (C=O) groups is 3. The van der Waals surface area contributed by atoms with E-state index in [0.29, 0.717) is 11.1 Å². The van der Waals surface area contributed by atoms with Gasteiger partial charge in [0.05, 0.1) is 5.92 Å². The van der Waals surface area contributed by atoms with E-state index < -0.39 is 11.9 Å². The number of aliphatic carboxylic acids is 1. The number of carboxylic acid groups (broad SMARTS) is 1. The van der Waals surface area contributed by atoms with Crippen LogP contribution in [-0.4, -0.2) is 22.6 Å². The summed E-state index contributed by atoms with van der Waals surface area (Å²) in [6, 6.07) is 4.56. The van der Waals surface area contributed by atoms with Crippen LogP contribution in [0.25, 0.3) is 0 Å². The zero-order valence-electron chi connectivity index (χ0n) is 9.98. The highest BCUT2D eigenvalue weighted by Crippen LogP contribution is 2.20. The van der Waals surface area contributed by atoms with Crippen molar-refractivity contribution in [3.05, 3.63) is 34.9 Å². The van der Waals surface area contributed by atoms with E-state index >= 15 is 0 Å². The fourth-order valence-corrected chi connectivity index (χ4v) is 1.57. The molecule has 17 heavy (non-hydrogen) atoms. The Morgan fingerprint density at radius 3 is 2.00 bits per heavy atom. The third kappa shape index (κ3) is 2.78. The molecule has 4 heteroatoms. The molecule has 0 saturated carbocycles. The van der Waals surface area contributed by atoms with Crippen LogP contribution in [0.5, 0.6) is 0 Å². The van der Waals surface area contributed by atoms with E-state index in [2.05, 4.69) is 0 Å². The highest BCUT2D eigenvalue weighted by molar-refractivity contribution is 6.07. The summed E-state index contributed by atoms with van der Waals surface area (Å²) in [5.74, 6) is -2.11. The Bertz CT molecular complexity index is 488. The summed E-state index contributed by atoms with van der Waals surface area (Å²) in [7, 11) is 0.